The molecular formula is C10H12O2Se. The minimum atomic E-state index is -0.238. The Morgan fingerprint density at radius 3 is 2.46 bits per heavy atom. The number of benzene rings is 1. The Labute approximate surface area is 84.4 Å². The molecule has 0 unspecified atom stereocenters. The third-order valence-corrected chi connectivity index (χ3v) is 3.16. The van der Waals surface area contributed by atoms with Gasteiger partial charge in [-0.05, 0) is 0 Å². The SMILES string of the molecule is CCOC(=O)c1ccc([Se]C)cc1. The Bertz CT molecular complexity index is 279. The first-order valence-electron chi connectivity index (χ1n) is 4.09. The van der Waals surface area contributed by atoms with Gasteiger partial charge in [-0.25, -0.2) is 0 Å². The Balaban J connectivity index is 2.74. The van der Waals surface area contributed by atoms with Crippen molar-refractivity contribution < 1.29 is 9.53 Å². The first-order valence-corrected chi connectivity index (χ1v) is 6.66. The molecule has 0 aliphatic carbocycles. The zero-order chi connectivity index (χ0) is 9.68. The van der Waals surface area contributed by atoms with Crippen molar-refractivity contribution in [2.45, 2.75) is 12.7 Å². The van der Waals surface area contributed by atoms with Crippen LogP contribution >= 0.6 is 0 Å². The normalized spacial score (nSPS) is 9.69. The Morgan fingerprint density at radius 2 is 2.00 bits per heavy atom. The molecule has 1 aromatic carbocycles. The summed E-state index contributed by atoms with van der Waals surface area (Å²) in [5, 5.41) is 0. The molecule has 13 heavy (non-hydrogen) atoms. The van der Waals surface area contributed by atoms with E-state index in [1.807, 2.05) is 24.3 Å². The monoisotopic (exact) mass is 244 g/mol. The van der Waals surface area contributed by atoms with Gasteiger partial charge in [-0.3, -0.25) is 0 Å². The summed E-state index contributed by atoms with van der Waals surface area (Å²) >= 11 is 0.493. The van der Waals surface area contributed by atoms with Gasteiger partial charge in [0.15, 0.2) is 0 Å². The van der Waals surface area contributed by atoms with E-state index in [9.17, 15) is 4.79 Å². The number of hydrogen-bond acceptors (Lipinski definition) is 2. The van der Waals surface area contributed by atoms with Gasteiger partial charge in [0.25, 0.3) is 0 Å². The molecule has 0 bridgehead atoms. The van der Waals surface area contributed by atoms with E-state index in [0.29, 0.717) is 27.1 Å². The van der Waals surface area contributed by atoms with E-state index in [1.165, 1.54) is 4.46 Å². The number of rotatable bonds is 3. The molecule has 0 fully saturated rings. The fourth-order valence-corrected chi connectivity index (χ4v) is 1.80. The summed E-state index contributed by atoms with van der Waals surface area (Å²) in [4.78, 5) is 11.2. The zero-order valence-corrected chi connectivity index (χ0v) is 9.45. The first kappa shape index (κ1) is 10.3. The quantitative estimate of drug-likeness (QED) is 0.589. The topological polar surface area (TPSA) is 26.3 Å². The summed E-state index contributed by atoms with van der Waals surface area (Å²) in [6, 6.07) is 7.59. The molecule has 0 saturated heterocycles. The van der Waals surface area contributed by atoms with Gasteiger partial charge in [0, 0.05) is 0 Å². The fourth-order valence-electron chi connectivity index (χ4n) is 0.942. The summed E-state index contributed by atoms with van der Waals surface area (Å²) in [5.41, 5.74) is 0.634. The van der Waals surface area contributed by atoms with Crippen LogP contribution < -0.4 is 4.46 Å². The summed E-state index contributed by atoms with van der Waals surface area (Å²) < 4.78 is 6.16. The van der Waals surface area contributed by atoms with Crippen LogP contribution in [0.3, 0.4) is 0 Å². The minimum absolute atomic E-state index is 0.238. The van der Waals surface area contributed by atoms with Crippen LogP contribution in [-0.4, -0.2) is 27.5 Å². The van der Waals surface area contributed by atoms with Gasteiger partial charge >= 0.3 is 84.1 Å². The molecule has 0 aromatic heterocycles. The number of carbonyl (C=O) groups excluding carboxylic acids is 1. The molecule has 3 heteroatoms. The molecule has 0 atom stereocenters. The van der Waals surface area contributed by atoms with Crippen LogP contribution in [-0.2, 0) is 4.74 Å². The van der Waals surface area contributed by atoms with E-state index in [0.717, 1.165) is 0 Å². The number of ether oxygens (including phenoxy) is 1. The molecule has 0 heterocycles. The second-order valence-corrected chi connectivity index (χ2v) is 4.29. The molecule has 0 radical (unpaired) electrons. The number of carbonyl (C=O) groups is 1. The molecule has 0 aliphatic heterocycles. The van der Waals surface area contributed by atoms with Gasteiger partial charge in [0.2, 0.25) is 0 Å². The van der Waals surface area contributed by atoms with Crippen molar-refractivity contribution in [3.05, 3.63) is 29.8 Å². The fraction of sp³-hybridized carbons (Fsp3) is 0.300. The van der Waals surface area contributed by atoms with Crippen molar-refractivity contribution >= 4 is 25.4 Å². The molecule has 70 valence electrons. The summed E-state index contributed by atoms with van der Waals surface area (Å²) in [5.74, 6) is 1.91. The van der Waals surface area contributed by atoms with E-state index in [4.69, 9.17) is 4.74 Å². The van der Waals surface area contributed by atoms with E-state index in [2.05, 4.69) is 5.82 Å². The van der Waals surface area contributed by atoms with Crippen molar-refractivity contribution in [2.75, 3.05) is 6.61 Å². The van der Waals surface area contributed by atoms with Crippen LogP contribution in [0, 0.1) is 0 Å². The summed E-state index contributed by atoms with van der Waals surface area (Å²) in [6.07, 6.45) is 0. The van der Waals surface area contributed by atoms with Gasteiger partial charge in [-0.15, -0.1) is 0 Å². The molecule has 1 rings (SSSR count). The molecule has 1 aromatic rings. The summed E-state index contributed by atoms with van der Waals surface area (Å²) in [6.45, 7) is 2.24. The molecule has 0 N–H and O–H groups in total. The van der Waals surface area contributed by atoms with Crippen LogP contribution in [0.4, 0.5) is 0 Å². The maximum atomic E-state index is 11.2. The number of hydrogen-bond donors (Lipinski definition) is 0. The predicted octanol–water partition coefficient (Wildman–Crippen LogP) is 1.24. The van der Waals surface area contributed by atoms with E-state index >= 15 is 0 Å². The van der Waals surface area contributed by atoms with Crippen molar-refractivity contribution in [3.8, 4) is 0 Å². The second kappa shape index (κ2) is 5.05. The van der Waals surface area contributed by atoms with Gasteiger partial charge in [0.1, 0.15) is 0 Å². The van der Waals surface area contributed by atoms with Gasteiger partial charge in [-0.1, -0.05) is 0 Å². The first-order chi connectivity index (χ1) is 6.27. The van der Waals surface area contributed by atoms with Crippen molar-refractivity contribution in [1.82, 2.24) is 0 Å². The van der Waals surface area contributed by atoms with E-state index in [-0.39, 0.29) is 5.97 Å². The van der Waals surface area contributed by atoms with Crippen LogP contribution in [0.2, 0.25) is 5.82 Å². The second-order valence-electron chi connectivity index (χ2n) is 2.45. The number of esters is 1. The molecule has 0 amide bonds. The average molecular weight is 243 g/mol. The van der Waals surface area contributed by atoms with Gasteiger partial charge < -0.3 is 0 Å². The molecule has 2 nitrogen and oxygen atoms in total. The van der Waals surface area contributed by atoms with Crippen molar-refractivity contribution in [2.24, 2.45) is 0 Å². The molecule has 0 aliphatic rings. The molecule has 0 spiro atoms. The third-order valence-electron chi connectivity index (χ3n) is 1.60. The Kier molecular flexibility index (Phi) is 4.00. The predicted molar refractivity (Wildman–Crippen MR) is 53.7 cm³/mol. The van der Waals surface area contributed by atoms with E-state index in [1.54, 1.807) is 6.92 Å². The van der Waals surface area contributed by atoms with Crippen LogP contribution in [0.5, 0.6) is 0 Å². The van der Waals surface area contributed by atoms with Crippen molar-refractivity contribution in [3.63, 3.8) is 0 Å². The van der Waals surface area contributed by atoms with Crippen LogP contribution in [0.25, 0.3) is 0 Å². The van der Waals surface area contributed by atoms with Crippen molar-refractivity contribution in [1.29, 1.82) is 0 Å². The average Bonchev–Trinajstić information content (AvgIpc) is 2.18. The van der Waals surface area contributed by atoms with Gasteiger partial charge in [-0.2, -0.15) is 0 Å². The Hall–Kier alpha value is -0.791. The van der Waals surface area contributed by atoms with Crippen LogP contribution in [0.1, 0.15) is 17.3 Å². The Morgan fingerprint density at radius 1 is 1.38 bits per heavy atom. The third kappa shape index (κ3) is 2.87. The van der Waals surface area contributed by atoms with Gasteiger partial charge in [0.05, 0.1) is 0 Å². The van der Waals surface area contributed by atoms with Crippen LogP contribution in [0.15, 0.2) is 24.3 Å². The standard InChI is InChI=1S/C10H12O2Se/c1-3-12-10(11)8-4-6-9(13-2)7-5-8/h4-7H,3H2,1-2H3. The van der Waals surface area contributed by atoms with E-state index < -0.39 is 0 Å². The molecular weight excluding hydrogens is 231 g/mol. The zero-order valence-electron chi connectivity index (χ0n) is 7.74. The summed E-state index contributed by atoms with van der Waals surface area (Å²) in [7, 11) is 0. The maximum absolute atomic E-state index is 11.2. The molecule has 0 saturated carbocycles.